The fraction of sp³-hybridized carbons (Fsp3) is 0.769. The van der Waals surface area contributed by atoms with Gasteiger partial charge in [0.1, 0.15) is 66.2 Å². The maximum atomic E-state index is 15.3. The number of aliphatic hydroxyl groups excluding tert-OH is 1. The van der Waals surface area contributed by atoms with E-state index in [9.17, 15) is 38.7 Å². The molecule has 0 aliphatic carbocycles. The van der Waals surface area contributed by atoms with Gasteiger partial charge in [-0.3, -0.25) is 52.7 Å². The lowest BCUT2D eigenvalue weighted by atomic mass is 9.90. The summed E-state index contributed by atoms with van der Waals surface area (Å²) in [5.74, 6) is -9.31. The topological polar surface area (TPSA) is 305 Å². The quantitative estimate of drug-likeness (QED) is 0.150. The number of likely N-dealkylation sites (N-methyl/N-ethyl adjacent to an activating group) is 7. The summed E-state index contributed by atoms with van der Waals surface area (Å²) in [4.78, 5) is 178. The van der Waals surface area contributed by atoms with Gasteiger partial charge in [0, 0.05) is 68.1 Å². The van der Waals surface area contributed by atoms with Crippen LogP contribution in [-0.4, -0.2) is 237 Å². The zero-order chi connectivity index (χ0) is 69.1. The Hall–Kier alpha value is -6.79. The third kappa shape index (κ3) is 22.3. The van der Waals surface area contributed by atoms with Crippen molar-refractivity contribution in [2.75, 3.05) is 55.9 Å². The van der Waals surface area contributed by atoms with Crippen LogP contribution in [0.3, 0.4) is 0 Å². The van der Waals surface area contributed by atoms with E-state index in [1.165, 1.54) is 87.7 Å². The molecule has 1 aromatic heterocycles. The van der Waals surface area contributed by atoms with Gasteiger partial charge in [0.15, 0.2) is 0 Å². The molecule has 2 rings (SSSR count). The van der Waals surface area contributed by atoms with Crippen molar-refractivity contribution in [1.29, 1.82) is 0 Å². The fourth-order valence-corrected chi connectivity index (χ4v) is 11.4. The van der Waals surface area contributed by atoms with Gasteiger partial charge in [0.05, 0.1) is 12.6 Å². The van der Waals surface area contributed by atoms with Crippen molar-refractivity contribution in [2.45, 2.75) is 229 Å². The van der Waals surface area contributed by atoms with Crippen LogP contribution in [0.5, 0.6) is 0 Å². The summed E-state index contributed by atoms with van der Waals surface area (Å²) in [6.45, 7) is 27.5. The third-order valence-corrected chi connectivity index (χ3v) is 17.0. The Labute approximate surface area is 536 Å². The average Bonchev–Trinajstić information content (AvgIpc) is 0.874. The minimum Gasteiger partial charge on any atom is -0.390 e. The highest BCUT2D eigenvalue weighted by molar-refractivity contribution is 5.99. The average molecular weight is 1270 g/mol. The van der Waals surface area contributed by atoms with E-state index in [4.69, 9.17) is 0 Å². The molecule has 12 atom stereocenters. The number of rotatable bonds is 17. The largest absolute Gasteiger partial charge is 0.390 e. The van der Waals surface area contributed by atoms with Gasteiger partial charge in [-0.2, -0.15) is 0 Å². The lowest BCUT2D eigenvalue weighted by Gasteiger charge is -2.41. The molecule has 0 spiro atoms. The monoisotopic (exact) mass is 1270 g/mol. The molecule has 25 nitrogen and oxygen atoms in total. The van der Waals surface area contributed by atoms with Crippen LogP contribution in [0.4, 0.5) is 0 Å². The second-order valence-corrected chi connectivity index (χ2v) is 27.3. The van der Waals surface area contributed by atoms with E-state index in [-0.39, 0.29) is 55.8 Å². The molecule has 11 amide bonds. The lowest BCUT2D eigenvalue weighted by Crippen LogP contribution is -2.63. The highest BCUT2D eigenvalue weighted by Crippen LogP contribution is 2.26. The Kier molecular flexibility index (Phi) is 32.0. The molecule has 2 heterocycles. The first-order chi connectivity index (χ1) is 41.7. The van der Waals surface area contributed by atoms with Crippen LogP contribution in [0.25, 0.3) is 0 Å². The maximum absolute atomic E-state index is 15.3. The summed E-state index contributed by atoms with van der Waals surface area (Å²) in [6.07, 6.45) is 3.60. The van der Waals surface area contributed by atoms with Gasteiger partial charge < -0.3 is 60.7 Å². The molecule has 25 heteroatoms. The van der Waals surface area contributed by atoms with Crippen LogP contribution < -0.4 is 21.3 Å². The second-order valence-electron chi connectivity index (χ2n) is 27.3. The van der Waals surface area contributed by atoms with Gasteiger partial charge in [0.25, 0.3) is 0 Å². The number of hydrogen-bond donors (Lipinski definition) is 5. The van der Waals surface area contributed by atoms with Crippen molar-refractivity contribution in [3.63, 3.8) is 0 Å². The predicted octanol–water partition coefficient (Wildman–Crippen LogP) is 3.12. The van der Waals surface area contributed by atoms with Crippen LogP contribution in [0, 0.1) is 41.4 Å². The van der Waals surface area contributed by atoms with E-state index < -0.39 is 156 Å². The zero-order valence-electron chi connectivity index (χ0n) is 58.5. The third-order valence-electron chi connectivity index (χ3n) is 17.0. The fourth-order valence-electron chi connectivity index (χ4n) is 11.4. The van der Waals surface area contributed by atoms with Crippen molar-refractivity contribution >= 4 is 65.0 Å². The Bertz CT molecular complexity index is 2590. The molecule has 90 heavy (non-hydrogen) atoms. The smallest absolute Gasteiger partial charge is 0.246 e. The van der Waals surface area contributed by atoms with Crippen LogP contribution in [0.1, 0.15) is 162 Å². The van der Waals surface area contributed by atoms with Crippen LogP contribution in [-0.2, 0) is 59.2 Å². The standard InChI is InChI=1S/C65H113N13O12/c1-24-45-61(86)72(17)35-51(79)73(18)46(31-36(2)3)58(83)71-52(40(10)11)64(89)74(19)47(32-37(4)5)57(82)68-43(15)56(81)69-44(16)60(85)75(20)48(33-38(6)7)62(87)76(21)49(34-39(8)9)63(88)77(22)53(41(12)13)65(90)78(23)54(59(84)70-45)55(80)42(14)27-25-28-50-66-29-26-30-67-50/h26,29-30,36-49,52-55,80H,24-25,27-28,31-35H2,1-23H3,(H,68,82)(H,69,81)(H,70,84)(H,71,83)/t42-,43+,44-,45+,46+,47+,48+,49+,52+,53+,54-,55-/m1/s1. The molecule has 1 aliphatic heterocycles. The van der Waals surface area contributed by atoms with E-state index in [1.54, 1.807) is 60.0 Å². The first-order valence-electron chi connectivity index (χ1n) is 32.2. The number of aliphatic hydroxyl groups is 1. The first-order valence-corrected chi connectivity index (χ1v) is 32.2. The van der Waals surface area contributed by atoms with E-state index in [0.717, 1.165) is 9.80 Å². The number of nitrogens with zero attached hydrogens (tertiary/aromatic N) is 9. The van der Waals surface area contributed by atoms with Crippen molar-refractivity contribution < 1.29 is 57.8 Å². The van der Waals surface area contributed by atoms with E-state index in [0.29, 0.717) is 25.1 Å². The molecule has 1 aliphatic rings. The summed E-state index contributed by atoms with van der Waals surface area (Å²) in [5.41, 5.74) is 0. The van der Waals surface area contributed by atoms with E-state index >= 15 is 19.2 Å². The molecule has 0 aromatic carbocycles. The predicted molar refractivity (Wildman–Crippen MR) is 344 cm³/mol. The van der Waals surface area contributed by atoms with Gasteiger partial charge in [-0.25, -0.2) is 9.97 Å². The molecular formula is C65H113N13O12. The van der Waals surface area contributed by atoms with Crippen LogP contribution >= 0.6 is 0 Å². The number of amides is 11. The first kappa shape index (κ1) is 79.3. The summed E-state index contributed by atoms with van der Waals surface area (Å²) >= 11 is 0. The Morgan fingerprint density at radius 2 is 0.911 bits per heavy atom. The van der Waals surface area contributed by atoms with Crippen molar-refractivity contribution in [3.8, 4) is 0 Å². The number of aryl methyl sites for hydroxylation is 1. The van der Waals surface area contributed by atoms with E-state index in [1.807, 2.05) is 55.4 Å². The minimum atomic E-state index is -1.64. The molecule has 0 saturated carbocycles. The van der Waals surface area contributed by atoms with E-state index in [2.05, 4.69) is 31.2 Å². The highest BCUT2D eigenvalue weighted by atomic mass is 16.3. The summed E-state index contributed by atoms with van der Waals surface area (Å²) < 4.78 is 0. The van der Waals surface area contributed by atoms with Crippen molar-refractivity contribution in [3.05, 3.63) is 24.3 Å². The molecule has 5 N–H and O–H groups in total. The molecule has 510 valence electrons. The Morgan fingerprint density at radius 1 is 0.478 bits per heavy atom. The van der Waals surface area contributed by atoms with Crippen molar-refractivity contribution in [2.24, 2.45) is 41.4 Å². The lowest BCUT2D eigenvalue weighted by molar-refractivity contribution is -0.157. The molecular weight excluding hydrogens is 1150 g/mol. The number of nitrogens with one attached hydrogen (secondary N) is 4. The Balaban J connectivity index is 2.97. The van der Waals surface area contributed by atoms with Gasteiger partial charge in [-0.05, 0) is 106 Å². The molecule has 0 unspecified atom stereocenters. The zero-order valence-corrected chi connectivity index (χ0v) is 58.5. The maximum Gasteiger partial charge on any atom is 0.246 e. The molecule has 1 saturated heterocycles. The number of carbonyl (C=O) groups excluding carboxylic acids is 11. The number of carbonyl (C=O) groups is 11. The normalized spacial score (nSPS) is 25.9. The second kappa shape index (κ2) is 36.3. The van der Waals surface area contributed by atoms with Gasteiger partial charge in [-0.15, -0.1) is 0 Å². The SMILES string of the molecule is CC[C@@H]1NC(=O)[C@@H]([C@H](O)[C@H](C)CCCc2ncccn2)N(C)C(=O)[C@H](C(C)C)N(C)C(=O)[C@H](CC(C)C)N(C)C(=O)[C@H](CC(C)C)N(C)C(=O)[C@@H](C)NC(=O)[C@H](C)NC(=O)[C@H](CC(C)C)N(C)C(=O)[C@H](C(C)C)NC(=O)[C@H](CC(C)C)N(C)C(=O)CN(C)C1=O. The van der Waals surface area contributed by atoms with Crippen molar-refractivity contribution in [1.82, 2.24) is 65.5 Å². The van der Waals surface area contributed by atoms with Crippen LogP contribution in [0.15, 0.2) is 18.5 Å². The molecule has 0 radical (unpaired) electrons. The number of aromatic nitrogens is 2. The number of hydrogen-bond acceptors (Lipinski definition) is 14. The highest BCUT2D eigenvalue weighted by Gasteiger charge is 2.46. The van der Waals surface area contributed by atoms with Gasteiger partial charge in [-0.1, -0.05) is 96.9 Å². The molecule has 0 bridgehead atoms. The summed E-state index contributed by atoms with van der Waals surface area (Å²) in [6, 6.07) is -10.8. The molecule has 1 fully saturated rings. The van der Waals surface area contributed by atoms with Gasteiger partial charge >= 0.3 is 0 Å². The van der Waals surface area contributed by atoms with Gasteiger partial charge in [0.2, 0.25) is 65.0 Å². The van der Waals surface area contributed by atoms with Crippen LogP contribution in [0.2, 0.25) is 0 Å². The minimum absolute atomic E-state index is 0.00750. The summed E-state index contributed by atoms with van der Waals surface area (Å²) in [7, 11) is 9.91. The summed E-state index contributed by atoms with van der Waals surface area (Å²) in [5, 5.41) is 23.4. The molecule has 1 aromatic rings. The Morgan fingerprint density at radius 3 is 1.39 bits per heavy atom.